The van der Waals surface area contributed by atoms with Crippen LogP contribution in [0.5, 0.6) is 11.5 Å². The largest absolute Gasteiger partial charge is 0.507 e. The summed E-state index contributed by atoms with van der Waals surface area (Å²) in [7, 11) is 2.88. The summed E-state index contributed by atoms with van der Waals surface area (Å²) in [6, 6.07) is 9.87. The molecule has 0 saturated carbocycles. The highest BCUT2D eigenvalue weighted by atomic mass is 35.5. The van der Waals surface area contributed by atoms with Gasteiger partial charge in [0.1, 0.15) is 17.3 Å². The topological polar surface area (TPSA) is 113 Å². The van der Waals surface area contributed by atoms with Gasteiger partial charge >= 0.3 is 5.97 Å². The van der Waals surface area contributed by atoms with Gasteiger partial charge in [-0.1, -0.05) is 11.6 Å². The number of methoxy groups -OCH3 is 2. The molecule has 1 fully saturated rings. The molecule has 1 atom stereocenters. The second-order valence-electron chi connectivity index (χ2n) is 6.75. The zero-order chi connectivity index (χ0) is 22.7. The number of halogens is 1. The van der Waals surface area contributed by atoms with Gasteiger partial charge in [-0.2, -0.15) is 0 Å². The molecule has 9 heteroatoms. The molecule has 0 aromatic heterocycles. The summed E-state index contributed by atoms with van der Waals surface area (Å²) in [6.45, 7) is -0.234. The van der Waals surface area contributed by atoms with Gasteiger partial charge in [-0.15, -0.1) is 0 Å². The van der Waals surface area contributed by atoms with E-state index in [0.717, 1.165) is 4.90 Å². The normalized spacial score (nSPS) is 17.6. The number of nitrogens with zero attached hydrogens (tertiary/aromatic N) is 1. The van der Waals surface area contributed by atoms with Gasteiger partial charge in [-0.05, 0) is 42.5 Å². The Morgan fingerprint density at radius 1 is 1.06 bits per heavy atom. The summed E-state index contributed by atoms with van der Waals surface area (Å²) >= 11 is 5.91. The van der Waals surface area contributed by atoms with E-state index in [9.17, 15) is 19.5 Å². The number of aliphatic hydroxyl groups excluding tert-OH is 1. The Morgan fingerprint density at radius 3 is 2.32 bits per heavy atom. The van der Waals surface area contributed by atoms with E-state index in [1.165, 1.54) is 38.5 Å². The molecule has 0 radical (unpaired) electrons. The number of ether oxygens (including phenoxy) is 2. The summed E-state index contributed by atoms with van der Waals surface area (Å²) in [5.41, 5.74) is 0.485. The molecule has 1 saturated heterocycles. The van der Waals surface area contributed by atoms with Gasteiger partial charge < -0.3 is 24.6 Å². The quantitative estimate of drug-likeness (QED) is 0.382. The molecular formula is C22H20ClNO7. The van der Waals surface area contributed by atoms with Crippen LogP contribution in [0.3, 0.4) is 0 Å². The molecule has 2 N–H and O–H groups in total. The van der Waals surface area contributed by atoms with Crippen LogP contribution in [0.15, 0.2) is 48.0 Å². The van der Waals surface area contributed by atoms with Gasteiger partial charge in [0.05, 0.1) is 32.3 Å². The molecule has 0 aliphatic carbocycles. The molecule has 3 rings (SSSR count). The maximum absolute atomic E-state index is 12.9. The van der Waals surface area contributed by atoms with Crippen LogP contribution < -0.4 is 9.47 Å². The van der Waals surface area contributed by atoms with Crippen molar-refractivity contribution in [2.75, 3.05) is 20.8 Å². The Kier molecular flexibility index (Phi) is 6.50. The molecule has 2 aromatic carbocycles. The molecule has 8 nitrogen and oxygen atoms in total. The Morgan fingerprint density at radius 2 is 1.74 bits per heavy atom. The molecule has 1 heterocycles. The van der Waals surface area contributed by atoms with Gasteiger partial charge in [-0.25, -0.2) is 0 Å². The van der Waals surface area contributed by atoms with E-state index in [2.05, 4.69) is 0 Å². The zero-order valence-electron chi connectivity index (χ0n) is 16.8. The molecular weight excluding hydrogens is 426 g/mol. The maximum Gasteiger partial charge on any atom is 0.305 e. The molecule has 1 unspecified atom stereocenters. The number of benzene rings is 2. The van der Waals surface area contributed by atoms with E-state index in [-0.39, 0.29) is 24.1 Å². The van der Waals surface area contributed by atoms with Crippen LogP contribution in [-0.4, -0.2) is 53.5 Å². The van der Waals surface area contributed by atoms with Crippen LogP contribution in [0.25, 0.3) is 5.76 Å². The highest BCUT2D eigenvalue weighted by Crippen LogP contribution is 2.43. The van der Waals surface area contributed by atoms with Crippen molar-refractivity contribution in [2.24, 2.45) is 0 Å². The number of hydrogen-bond acceptors (Lipinski definition) is 6. The van der Waals surface area contributed by atoms with Crippen LogP contribution in [0.2, 0.25) is 5.02 Å². The Labute approximate surface area is 183 Å². The molecule has 0 spiro atoms. The van der Waals surface area contributed by atoms with Crippen molar-refractivity contribution >= 4 is 35.0 Å². The van der Waals surface area contributed by atoms with Crippen molar-refractivity contribution in [3.63, 3.8) is 0 Å². The van der Waals surface area contributed by atoms with Crippen LogP contribution in [-0.2, 0) is 14.4 Å². The minimum atomic E-state index is -1.13. The molecule has 2 aromatic rings. The number of aliphatic carboxylic acids is 1. The summed E-state index contributed by atoms with van der Waals surface area (Å²) in [5.74, 6) is -2.58. The molecule has 1 aliphatic heterocycles. The number of carboxylic acid groups (broad SMARTS) is 1. The summed E-state index contributed by atoms with van der Waals surface area (Å²) < 4.78 is 10.7. The monoisotopic (exact) mass is 445 g/mol. The minimum Gasteiger partial charge on any atom is -0.507 e. The lowest BCUT2D eigenvalue weighted by Crippen LogP contribution is -2.32. The van der Waals surface area contributed by atoms with Crippen LogP contribution in [0.4, 0.5) is 0 Å². The number of ketones is 1. The van der Waals surface area contributed by atoms with Crippen LogP contribution in [0, 0.1) is 0 Å². The highest BCUT2D eigenvalue weighted by molar-refractivity contribution is 6.46. The molecule has 162 valence electrons. The molecule has 1 aliphatic rings. The molecule has 31 heavy (non-hydrogen) atoms. The first kappa shape index (κ1) is 22.2. The van der Waals surface area contributed by atoms with E-state index in [0.29, 0.717) is 22.1 Å². The van der Waals surface area contributed by atoms with Crippen molar-refractivity contribution in [1.82, 2.24) is 4.90 Å². The fourth-order valence-electron chi connectivity index (χ4n) is 3.47. The summed E-state index contributed by atoms with van der Waals surface area (Å²) in [4.78, 5) is 38.0. The van der Waals surface area contributed by atoms with Gasteiger partial charge in [0.15, 0.2) is 0 Å². The van der Waals surface area contributed by atoms with E-state index in [4.69, 9.17) is 26.2 Å². The zero-order valence-corrected chi connectivity index (χ0v) is 17.5. The van der Waals surface area contributed by atoms with Crippen LogP contribution >= 0.6 is 11.6 Å². The number of likely N-dealkylation sites (tertiary alicyclic amines) is 1. The summed E-state index contributed by atoms with van der Waals surface area (Å²) in [6.07, 6.45) is -0.378. The van der Waals surface area contributed by atoms with Gasteiger partial charge in [0.25, 0.3) is 11.7 Å². The van der Waals surface area contributed by atoms with Crippen molar-refractivity contribution in [3.05, 3.63) is 64.2 Å². The number of carbonyl (C=O) groups excluding carboxylic acids is 2. The minimum absolute atomic E-state index is 0.177. The number of aliphatic hydroxyl groups is 1. The number of rotatable bonds is 7. The fraction of sp³-hybridized carbons (Fsp3) is 0.227. The second-order valence-corrected chi connectivity index (χ2v) is 7.19. The first-order chi connectivity index (χ1) is 14.8. The molecule has 0 bridgehead atoms. The lowest BCUT2D eigenvalue weighted by molar-refractivity contribution is -0.142. The Balaban J connectivity index is 2.24. The predicted molar refractivity (Wildman–Crippen MR) is 112 cm³/mol. The maximum atomic E-state index is 12.9. The Bertz CT molecular complexity index is 1060. The van der Waals surface area contributed by atoms with Crippen molar-refractivity contribution in [2.45, 2.75) is 12.5 Å². The first-order valence-electron chi connectivity index (χ1n) is 9.26. The third-order valence-electron chi connectivity index (χ3n) is 4.96. The fourth-order valence-corrected chi connectivity index (χ4v) is 3.59. The standard InChI is InChI=1S/C22H20ClNO7/c1-30-14-7-8-16(31-2)15(11-14)19-18(20(27)12-3-5-13(23)6-4-12)21(28)22(29)24(19)10-9-17(25)26/h3-8,11,19,27H,9-10H2,1-2H3,(H,25,26)/b20-18-. The number of amides is 1. The number of carboxylic acids is 1. The predicted octanol–water partition coefficient (Wildman–Crippen LogP) is 3.25. The highest BCUT2D eigenvalue weighted by Gasteiger charge is 2.47. The van der Waals surface area contributed by atoms with E-state index in [1.807, 2.05) is 0 Å². The van der Waals surface area contributed by atoms with Gasteiger partial charge in [0, 0.05) is 22.7 Å². The molecule has 1 amide bonds. The van der Waals surface area contributed by atoms with Crippen molar-refractivity contribution in [1.29, 1.82) is 0 Å². The smallest absolute Gasteiger partial charge is 0.305 e. The lowest BCUT2D eigenvalue weighted by atomic mass is 9.94. The third-order valence-corrected chi connectivity index (χ3v) is 5.21. The SMILES string of the molecule is COc1ccc(OC)c(C2/C(=C(/O)c3ccc(Cl)cc3)C(=O)C(=O)N2CCC(=O)O)c1. The third kappa shape index (κ3) is 4.34. The number of carbonyl (C=O) groups is 3. The Hall–Kier alpha value is -3.52. The van der Waals surface area contributed by atoms with Gasteiger partial charge in [0.2, 0.25) is 0 Å². The first-order valence-corrected chi connectivity index (χ1v) is 9.64. The van der Waals surface area contributed by atoms with Crippen LogP contribution in [0.1, 0.15) is 23.6 Å². The van der Waals surface area contributed by atoms with Crippen molar-refractivity contribution in [3.8, 4) is 11.5 Å². The van der Waals surface area contributed by atoms with E-state index >= 15 is 0 Å². The second kappa shape index (κ2) is 9.09. The summed E-state index contributed by atoms with van der Waals surface area (Å²) in [5, 5.41) is 20.5. The van der Waals surface area contributed by atoms with E-state index in [1.54, 1.807) is 18.2 Å². The van der Waals surface area contributed by atoms with E-state index < -0.39 is 29.5 Å². The average Bonchev–Trinajstić information content (AvgIpc) is 3.01. The number of hydrogen-bond donors (Lipinski definition) is 2. The van der Waals surface area contributed by atoms with Gasteiger partial charge in [-0.3, -0.25) is 14.4 Å². The average molecular weight is 446 g/mol. The van der Waals surface area contributed by atoms with Crippen molar-refractivity contribution < 1.29 is 34.1 Å². The lowest BCUT2D eigenvalue weighted by Gasteiger charge is -2.26. The number of Topliss-reactive ketones (excluding diaryl/α,β-unsaturated/α-hetero) is 1.